The number of hydrogen-bond acceptors (Lipinski definition) is 5. The summed E-state index contributed by atoms with van der Waals surface area (Å²) in [5, 5.41) is 18.7. The molecule has 3 aromatic rings. The second-order valence-corrected chi connectivity index (χ2v) is 7.75. The molecule has 0 spiro atoms. The van der Waals surface area contributed by atoms with Crippen molar-refractivity contribution in [2.75, 3.05) is 13.1 Å². The first-order chi connectivity index (χ1) is 16.5. The van der Waals surface area contributed by atoms with Crippen LogP contribution >= 0.6 is 0 Å². The Hall–Kier alpha value is -4.15. The summed E-state index contributed by atoms with van der Waals surface area (Å²) in [6, 6.07) is 10.3. The highest BCUT2D eigenvalue weighted by atomic mass is 19.4. The van der Waals surface area contributed by atoms with E-state index in [4.69, 9.17) is 0 Å². The van der Waals surface area contributed by atoms with E-state index >= 15 is 0 Å². The van der Waals surface area contributed by atoms with Crippen LogP contribution in [0.25, 0.3) is 5.69 Å². The summed E-state index contributed by atoms with van der Waals surface area (Å²) in [6.45, 7) is 3.31. The van der Waals surface area contributed by atoms with E-state index in [0.29, 0.717) is 6.42 Å². The molecule has 11 heteroatoms. The van der Waals surface area contributed by atoms with Crippen molar-refractivity contribution in [3.63, 3.8) is 0 Å². The molecule has 8 nitrogen and oxygen atoms in total. The molecule has 35 heavy (non-hydrogen) atoms. The fourth-order valence-electron chi connectivity index (χ4n) is 3.47. The Balaban J connectivity index is 1.59. The van der Waals surface area contributed by atoms with Gasteiger partial charge in [-0.2, -0.15) is 18.3 Å². The molecule has 0 aliphatic rings. The number of carbonyl (C=O) groups excluding carboxylic acids is 3. The predicted molar refractivity (Wildman–Crippen MR) is 120 cm³/mol. The fraction of sp³-hybridized carbons (Fsp3) is 0.250. The minimum Gasteiger partial charge on any atom is -0.508 e. The zero-order valence-corrected chi connectivity index (χ0v) is 18.9. The van der Waals surface area contributed by atoms with Gasteiger partial charge in [-0.1, -0.05) is 12.1 Å². The van der Waals surface area contributed by atoms with Crippen LogP contribution in [0.15, 0.2) is 48.5 Å². The Bertz CT molecular complexity index is 1270. The zero-order valence-electron chi connectivity index (χ0n) is 18.9. The van der Waals surface area contributed by atoms with E-state index in [1.165, 1.54) is 48.9 Å². The number of nitrogens with one attached hydrogen (secondary N) is 2. The number of aryl methyl sites for hydroxylation is 1. The molecule has 0 radical (unpaired) electrons. The van der Waals surface area contributed by atoms with Crippen molar-refractivity contribution < 1.29 is 32.7 Å². The van der Waals surface area contributed by atoms with Crippen molar-refractivity contribution in [3.05, 3.63) is 76.6 Å². The highest BCUT2D eigenvalue weighted by Crippen LogP contribution is 2.31. The second-order valence-electron chi connectivity index (χ2n) is 7.75. The number of carbonyl (C=O) groups is 3. The lowest BCUT2D eigenvalue weighted by Crippen LogP contribution is -2.34. The number of Topliss-reactive ketones (excluding diaryl/α,β-unsaturated/α-hetero) is 1. The highest BCUT2D eigenvalue weighted by Gasteiger charge is 2.31. The van der Waals surface area contributed by atoms with E-state index < -0.39 is 29.3 Å². The quantitative estimate of drug-likeness (QED) is 0.256. The van der Waals surface area contributed by atoms with Crippen molar-refractivity contribution in [2.45, 2.75) is 26.4 Å². The Morgan fingerprint density at radius 1 is 1.00 bits per heavy atom. The molecular formula is C24H23F3N4O4. The number of hydrogen-bond donors (Lipinski definition) is 3. The van der Waals surface area contributed by atoms with E-state index in [-0.39, 0.29) is 47.0 Å². The minimum absolute atomic E-state index is 0.0112. The second kappa shape index (κ2) is 10.4. The Morgan fingerprint density at radius 2 is 1.69 bits per heavy atom. The van der Waals surface area contributed by atoms with Crippen LogP contribution in [-0.2, 0) is 11.0 Å². The van der Waals surface area contributed by atoms with Crippen LogP contribution in [0.4, 0.5) is 13.2 Å². The number of ketones is 1. The van der Waals surface area contributed by atoms with Gasteiger partial charge in [0.15, 0.2) is 0 Å². The van der Waals surface area contributed by atoms with E-state index in [0.717, 1.165) is 12.1 Å². The highest BCUT2D eigenvalue weighted by molar-refractivity contribution is 6.43. The lowest BCUT2D eigenvalue weighted by Gasteiger charge is -2.10. The first kappa shape index (κ1) is 25.5. The smallest absolute Gasteiger partial charge is 0.416 e. The SMILES string of the molecule is Cc1nn(-c2cccc(C(F)(F)F)c2)c(C)c1C(=O)C(=O)NCCCNC(=O)c1cccc(O)c1. The van der Waals surface area contributed by atoms with Gasteiger partial charge in [-0.25, -0.2) is 4.68 Å². The lowest BCUT2D eigenvalue weighted by atomic mass is 10.1. The van der Waals surface area contributed by atoms with Gasteiger partial charge in [-0.05, 0) is 56.7 Å². The van der Waals surface area contributed by atoms with Gasteiger partial charge in [0.1, 0.15) is 5.75 Å². The number of phenols is 1. The normalized spacial score (nSPS) is 11.2. The summed E-state index contributed by atoms with van der Waals surface area (Å²) in [6.07, 6.45) is -4.20. The maximum absolute atomic E-state index is 13.1. The molecule has 1 heterocycles. The number of rotatable bonds is 8. The van der Waals surface area contributed by atoms with Crippen molar-refractivity contribution in [2.24, 2.45) is 0 Å². The third-order valence-electron chi connectivity index (χ3n) is 5.18. The molecule has 0 unspecified atom stereocenters. The summed E-state index contributed by atoms with van der Waals surface area (Å²) in [4.78, 5) is 37.1. The van der Waals surface area contributed by atoms with E-state index in [2.05, 4.69) is 15.7 Å². The van der Waals surface area contributed by atoms with Crippen LogP contribution < -0.4 is 10.6 Å². The fourth-order valence-corrected chi connectivity index (χ4v) is 3.47. The zero-order chi connectivity index (χ0) is 25.8. The van der Waals surface area contributed by atoms with Crippen molar-refractivity contribution in [3.8, 4) is 11.4 Å². The molecule has 0 atom stereocenters. The van der Waals surface area contributed by atoms with Crippen molar-refractivity contribution in [1.29, 1.82) is 0 Å². The van der Waals surface area contributed by atoms with Crippen LogP contribution in [0.3, 0.4) is 0 Å². The molecule has 0 saturated carbocycles. The number of aromatic hydroxyl groups is 1. The summed E-state index contributed by atoms with van der Waals surface area (Å²) < 4.78 is 40.4. The molecule has 3 N–H and O–H groups in total. The molecule has 0 bridgehead atoms. The molecule has 3 rings (SSSR count). The number of aromatic nitrogens is 2. The topological polar surface area (TPSA) is 113 Å². The van der Waals surface area contributed by atoms with Gasteiger partial charge in [-0.15, -0.1) is 0 Å². The third kappa shape index (κ3) is 6.05. The maximum atomic E-state index is 13.1. The number of nitrogens with zero attached hydrogens (tertiary/aromatic N) is 2. The predicted octanol–water partition coefficient (Wildman–Crippen LogP) is 3.33. The molecule has 0 saturated heterocycles. The number of benzene rings is 2. The van der Waals surface area contributed by atoms with E-state index in [1.54, 1.807) is 6.07 Å². The summed E-state index contributed by atoms with van der Waals surface area (Å²) in [7, 11) is 0. The van der Waals surface area contributed by atoms with Gasteiger partial charge < -0.3 is 15.7 Å². The third-order valence-corrected chi connectivity index (χ3v) is 5.18. The Labute approximate surface area is 198 Å². The largest absolute Gasteiger partial charge is 0.508 e. The molecule has 0 fully saturated rings. The first-order valence-corrected chi connectivity index (χ1v) is 10.6. The molecule has 2 aromatic carbocycles. The Kier molecular flexibility index (Phi) is 7.58. The van der Waals surface area contributed by atoms with Crippen LogP contribution in [0.2, 0.25) is 0 Å². The summed E-state index contributed by atoms with van der Waals surface area (Å²) >= 11 is 0. The molecule has 184 valence electrons. The monoisotopic (exact) mass is 488 g/mol. The molecule has 0 aliphatic heterocycles. The first-order valence-electron chi connectivity index (χ1n) is 10.6. The average Bonchev–Trinajstić information content (AvgIpc) is 3.11. The minimum atomic E-state index is -4.53. The molecule has 1 aromatic heterocycles. The van der Waals surface area contributed by atoms with Crippen molar-refractivity contribution >= 4 is 17.6 Å². The molecule has 2 amide bonds. The van der Waals surface area contributed by atoms with Gasteiger partial charge in [0.2, 0.25) is 0 Å². The number of phenolic OH excluding ortho intramolecular Hbond substituents is 1. The number of halogens is 3. The molecule has 0 aliphatic carbocycles. The lowest BCUT2D eigenvalue weighted by molar-refractivity contribution is -0.137. The van der Waals surface area contributed by atoms with E-state index in [1.807, 2.05) is 0 Å². The van der Waals surface area contributed by atoms with Gasteiger partial charge >= 0.3 is 6.18 Å². The van der Waals surface area contributed by atoms with Crippen molar-refractivity contribution in [1.82, 2.24) is 20.4 Å². The van der Waals surface area contributed by atoms with Crippen LogP contribution in [-0.4, -0.2) is 45.6 Å². The number of amides is 2. The van der Waals surface area contributed by atoms with Crippen LogP contribution in [0, 0.1) is 13.8 Å². The molecular weight excluding hydrogens is 465 g/mol. The van der Waals surface area contributed by atoms with Gasteiger partial charge in [0.05, 0.1) is 28.2 Å². The standard InChI is InChI=1S/C24H23F3N4O4/c1-14-20(15(2)31(30-14)18-8-4-7-17(13-18)24(25,26)27)21(33)23(35)29-11-5-10-28-22(34)16-6-3-9-19(32)12-16/h3-4,6-9,12-13,32H,5,10-11H2,1-2H3,(H,28,34)(H,29,35). The van der Waals surface area contributed by atoms with Gasteiger partial charge in [0, 0.05) is 18.7 Å². The number of alkyl halides is 3. The van der Waals surface area contributed by atoms with Gasteiger partial charge in [0.25, 0.3) is 17.6 Å². The Morgan fingerprint density at radius 3 is 2.37 bits per heavy atom. The summed E-state index contributed by atoms with van der Waals surface area (Å²) in [5.41, 5.74) is -0.00414. The van der Waals surface area contributed by atoms with Gasteiger partial charge in [-0.3, -0.25) is 14.4 Å². The summed E-state index contributed by atoms with van der Waals surface area (Å²) in [5.74, 6) is -2.18. The van der Waals surface area contributed by atoms with Crippen LogP contribution in [0.5, 0.6) is 5.75 Å². The average molecular weight is 488 g/mol. The van der Waals surface area contributed by atoms with E-state index in [9.17, 15) is 32.7 Å². The maximum Gasteiger partial charge on any atom is 0.416 e. The van der Waals surface area contributed by atoms with Crippen LogP contribution in [0.1, 0.15) is 44.1 Å².